The van der Waals surface area contributed by atoms with Gasteiger partial charge in [-0.25, -0.2) is 14.4 Å². The minimum atomic E-state index is -0.480. The molecule has 0 radical (unpaired) electrons. The lowest BCUT2D eigenvalue weighted by Gasteiger charge is -2.13. The maximum absolute atomic E-state index is 13.2. The molecule has 0 unspecified atom stereocenters. The number of nitrogens with zero attached hydrogens (tertiary/aromatic N) is 2. The minimum absolute atomic E-state index is 0.0267. The summed E-state index contributed by atoms with van der Waals surface area (Å²) < 4.78 is 13.2. The molecule has 3 aromatic rings. The fourth-order valence-electron chi connectivity index (χ4n) is 2.32. The first-order valence-corrected chi connectivity index (χ1v) is 8.11. The second-order valence-electron chi connectivity index (χ2n) is 5.40. The number of halogens is 2. The SMILES string of the molecule is Nc1c(NCCc2ccccc2)ncnc1Nc1ccc(F)c(Cl)c1. The monoisotopic (exact) mass is 357 g/mol. The largest absolute Gasteiger partial charge is 0.393 e. The average Bonchev–Trinajstić information content (AvgIpc) is 2.62. The number of hydrogen-bond donors (Lipinski definition) is 3. The molecule has 0 bridgehead atoms. The summed E-state index contributed by atoms with van der Waals surface area (Å²) in [7, 11) is 0. The van der Waals surface area contributed by atoms with Crippen molar-refractivity contribution in [2.45, 2.75) is 6.42 Å². The molecule has 0 fully saturated rings. The fraction of sp³-hybridized carbons (Fsp3) is 0.111. The highest BCUT2D eigenvalue weighted by molar-refractivity contribution is 6.31. The Morgan fingerprint density at radius 3 is 2.56 bits per heavy atom. The lowest BCUT2D eigenvalue weighted by Crippen LogP contribution is -2.10. The van der Waals surface area contributed by atoms with Crippen LogP contribution in [0.4, 0.5) is 27.4 Å². The zero-order valence-electron chi connectivity index (χ0n) is 13.3. The molecule has 1 heterocycles. The van der Waals surface area contributed by atoms with Crippen LogP contribution in [0.25, 0.3) is 0 Å². The Morgan fingerprint density at radius 2 is 1.80 bits per heavy atom. The number of nitrogen functional groups attached to an aromatic ring is 1. The van der Waals surface area contributed by atoms with Gasteiger partial charge in [-0.05, 0) is 30.2 Å². The normalized spacial score (nSPS) is 10.5. The molecular weight excluding hydrogens is 341 g/mol. The summed E-state index contributed by atoms with van der Waals surface area (Å²) in [5.41, 5.74) is 8.32. The first-order chi connectivity index (χ1) is 12.1. The van der Waals surface area contributed by atoms with Gasteiger partial charge in [0.2, 0.25) is 0 Å². The van der Waals surface area contributed by atoms with Crippen molar-refractivity contribution < 1.29 is 4.39 Å². The van der Waals surface area contributed by atoms with Crippen molar-refractivity contribution in [3.63, 3.8) is 0 Å². The number of nitrogens with two attached hydrogens (primary N) is 1. The van der Waals surface area contributed by atoms with E-state index in [0.717, 1.165) is 6.42 Å². The molecule has 128 valence electrons. The van der Waals surface area contributed by atoms with Crippen LogP contribution >= 0.6 is 11.6 Å². The van der Waals surface area contributed by atoms with Crippen LogP contribution in [-0.2, 0) is 6.42 Å². The van der Waals surface area contributed by atoms with E-state index in [0.29, 0.717) is 29.6 Å². The van der Waals surface area contributed by atoms with Crippen molar-refractivity contribution in [3.05, 3.63) is 71.3 Å². The Balaban J connectivity index is 1.68. The summed E-state index contributed by atoms with van der Waals surface area (Å²) in [6, 6.07) is 14.4. The molecule has 4 N–H and O–H groups in total. The summed E-state index contributed by atoms with van der Waals surface area (Å²) in [5, 5.41) is 6.25. The van der Waals surface area contributed by atoms with Crippen LogP contribution in [0.15, 0.2) is 54.9 Å². The number of hydrogen-bond acceptors (Lipinski definition) is 5. The van der Waals surface area contributed by atoms with E-state index in [1.165, 1.54) is 24.0 Å². The van der Waals surface area contributed by atoms with E-state index < -0.39 is 5.82 Å². The number of aromatic nitrogens is 2. The van der Waals surface area contributed by atoms with Crippen molar-refractivity contribution in [2.75, 3.05) is 22.9 Å². The van der Waals surface area contributed by atoms with Gasteiger partial charge in [0.15, 0.2) is 11.6 Å². The third-order valence-electron chi connectivity index (χ3n) is 3.62. The van der Waals surface area contributed by atoms with Crippen LogP contribution in [0, 0.1) is 5.82 Å². The Kier molecular flexibility index (Phi) is 5.30. The summed E-state index contributed by atoms with van der Waals surface area (Å²) in [4.78, 5) is 8.30. The van der Waals surface area contributed by atoms with Gasteiger partial charge in [-0.3, -0.25) is 0 Å². The zero-order valence-corrected chi connectivity index (χ0v) is 14.1. The van der Waals surface area contributed by atoms with Crippen molar-refractivity contribution >= 4 is 34.6 Å². The molecule has 0 saturated heterocycles. The number of anilines is 4. The molecule has 7 heteroatoms. The third-order valence-corrected chi connectivity index (χ3v) is 3.90. The van der Waals surface area contributed by atoms with Gasteiger partial charge in [0.1, 0.15) is 17.8 Å². The van der Waals surface area contributed by atoms with Gasteiger partial charge in [-0.2, -0.15) is 0 Å². The van der Waals surface area contributed by atoms with E-state index in [-0.39, 0.29) is 5.02 Å². The van der Waals surface area contributed by atoms with Gasteiger partial charge < -0.3 is 16.4 Å². The molecule has 25 heavy (non-hydrogen) atoms. The van der Waals surface area contributed by atoms with Gasteiger partial charge in [0.05, 0.1) is 5.02 Å². The smallest absolute Gasteiger partial charge is 0.159 e. The molecule has 0 aliphatic heterocycles. The lowest BCUT2D eigenvalue weighted by molar-refractivity contribution is 0.628. The Hall–Kier alpha value is -2.86. The molecule has 0 aliphatic rings. The van der Waals surface area contributed by atoms with Gasteiger partial charge in [0.25, 0.3) is 0 Å². The van der Waals surface area contributed by atoms with Crippen LogP contribution in [0.2, 0.25) is 5.02 Å². The van der Waals surface area contributed by atoms with E-state index >= 15 is 0 Å². The van der Waals surface area contributed by atoms with Crippen LogP contribution < -0.4 is 16.4 Å². The second kappa shape index (κ2) is 7.81. The minimum Gasteiger partial charge on any atom is -0.393 e. The van der Waals surface area contributed by atoms with Crippen molar-refractivity contribution in [2.24, 2.45) is 0 Å². The maximum Gasteiger partial charge on any atom is 0.159 e. The Morgan fingerprint density at radius 1 is 1.04 bits per heavy atom. The van der Waals surface area contributed by atoms with Gasteiger partial charge in [0, 0.05) is 12.2 Å². The van der Waals surface area contributed by atoms with Crippen LogP contribution in [0.5, 0.6) is 0 Å². The third kappa shape index (κ3) is 4.36. The fourth-order valence-corrected chi connectivity index (χ4v) is 2.50. The molecular formula is C18H17ClFN5. The molecule has 1 aromatic heterocycles. The number of rotatable bonds is 6. The summed E-state index contributed by atoms with van der Waals surface area (Å²) in [6.07, 6.45) is 2.26. The van der Waals surface area contributed by atoms with Crippen molar-refractivity contribution in [1.82, 2.24) is 9.97 Å². The highest BCUT2D eigenvalue weighted by Crippen LogP contribution is 2.27. The lowest BCUT2D eigenvalue weighted by atomic mass is 10.1. The van der Waals surface area contributed by atoms with Gasteiger partial charge in [-0.1, -0.05) is 41.9 Å². The standard InChI is InChI=1S/C18H17ClFN5/c19-14-10-13(6-7-15(14)20)25-18-16(21)17(23-11-24-18)22-9-8-12-4-2-1-3-5-12/h1-7,10-11H,8-9,21H2,(H2,22,23,24,25). The molecule has 0 atom stereocenters. The van der Waals surface area contributed by atoms with E-state index in [2.05, 4.69) is 32.7 Å². The summed E-state index contributed by atoms with van der Waals surface area (Å²) in [6.45, 7) is 0.688. The molecule has 0 saturated carbocycles. The molecule has 3 rings (SSSR count). The molecule has 2 aromatic carbocycles. The van der Waals surface area contributed by atoms with Crippen LogP contribution in [-0.4, -0.2) is 16.5 Å². The maximum atomic E-state index is 13.2. The van der Waals surface area contributed by atoms with E-state index in [4.69, 9.17) is 17.3 Å². The first kappa shape index (κ1) is 17.0. The quantitative estimate of drug-likeness (QED) is 0.615. The Bertz CT molecular complexity index is 857. The molecule has 0 amide bonds. The van der Waals surface area contributed by atoms with Gasteiger partial charge >= 0.3 is 0 Å². The highest BCUT2D eigenvalue weighted by Gasteiger charge is 2.09. The number of nitrogens with one attached hydrogen (secondary N) is 2. The average molecular weight is 358 g/mol. The molecule has 0 aliphatic carbocycles. The topological polar surface area (TPSA) is 75.9 Å². The van der Waals surface area contributed by atoms with E-state index in [1.807, 2.05) is 18.2 Å². The second-order valence-corrected chi connectivity index (χ2v) is 5.81. The predicted octanol–water partition coefficient (Wildman–Crippen LogP) is 4.25. The Labute approximate surface area is 150 Å². The van der Waals surface area contributed by atoms with Crippen molar-refractivity contribution in [3.8, 4) is 0 Å². The predicted molar refractivity (Wildman–Crippen MR) is 99.8 cm³/mol. The van der Waals surface area contributed by atoms with Crippen LogP contribution in [0.1, 0.15) is 5.56 Å². The summed E-state index contributed by atoms with van der Waals surface area (Å²) >= 11 is 5.79. The number of benzene rings is 2. The van der Waals surface area contributed by atoms with Crippen molar-refractivity contribution in [1.29, 1.82) is 0 Å². The van der Waals surface area contributed by atoms with E-state index in [1.54, 1.807) is 6.07 Å². The molecule has 0 spiro atoms. The van der Waals surface area contributed by atoms with E-state index in [9.17, 15) is 4.39 Å². The van der Waals surface area contributed by atoms with Gasteiger partial charge in [-0.15, -0.1) is 0 Å². The zero-order chi connectivity index (χ0) is 17.6. The first-order valence-electron chi connectivity index (χ1n) is 7.74. The summed E-state index contributed by atoms with van der Waals surface area (Å²) in [5.74, 6) is 0.493. The van der Waals surface area contributed by atoms with Crippen LogP contribution in [0.3, 0.4) is 0 Å². The molecule has 5 nitrogen and oxygen atoms in total. The highest BCUT2D eigenvalue weighted by atomic mass is 35.5.